The van der Waals surface area contributed by atoms with Crippen LogP contribution in [0, 0.1) is 0 Å². The van der Waals surface area contributed by atoms with Crippen LogP contribution in [0.2, 0.25) is 0 Å². The molecule has 3 aromatic rings. The van der Waals surface area contributed by atoms with E-state index < -0.39 is 0 Å². The molecule has 0 amide bonds. The molecule has 23 heavy (non-hydrogen) atoms. The third-order valence-electron chi connectivity index (χ3n) is 4.26. The molecule has 0 saturated heterocycles. The first kappa shape index (κ1) is 13.9. The first-order valence-corrected chi connectivity index (χ1v) is 7.73. The van der Waals surface area contributed by atoms with Crippen molar-refractivity contribution in [1.29, 1.82) is 0 Å². The summed E-state index contributed by atoms with van der Waals surface area (Å²) in [6, 6.07) is 15.5. The molecular formula is C19H17NO3. The van der Waals surface area contributed by atoms with Crippen molar-refractivity contribution in [2.75, 3.05) is 13.7 Å². The highest BCUT2D eigenvalue weighted by Crippen LogP contribution is 2.34. The summed E-state index contributed by atoms with van der Waals surface area (Å²) >= 11 is 0. The summed E-state index contributed by atoms with van der Waals surface area (Å²) in [6.07, 6.45) is 1.63. The lowest BCUT2D eigenvalue weighted by molar-refractivity contribution is 0.290. The van der Waals surface area contributed by atoms with Gasteiger partial charge in [-0.25, -0.2) is 0 Å². The van der Waals surface area contributed by atoms with Gasteiger partial charge in [-0.15, -0.1) is 0 Å². The van der Waals surface area contributed by atoms with Crippen molar-refractivity contribution < 1.29 is 9.47 Å². The van der Waals surface area contributed by atoms with Gasteiger partial charge in [0.1, 0.15) is 11.5 Å². The van der Waals surface area contributed by atoms with Crippen molar-refractivity contribution in [2.24, 2.45) is 0 Å². The minimum atomic E-state index is -0.00773. The van der Waals surface area contributed by atoms with E-state index in [1.807, 2.05) is 48.5 Å². The van der Waals surface area contributed by atoms with Gasteiger partial charge in [0.25, 0.3) is 5.56 Å². The van der Waals surface area contributed by atoms with Crippen LogP contribution in [0.1, 0.15) is 12.0 Å². The number of nitrogens with zero attached hydrogens (tertiary/aromatic N) is 1. The molecule has 2 aromatic carbocycles. The van der Waals surface area contributed by atoms with E-state index in [1.54, 1.807) is 11.7 Å². The third kappa shape index (κ3) is 2.18. The first-order chi connectivity index (χ1) is 11.3. The molecule has 0 fully saturated rings. The monoisotopic (exact) mass is 307 g/mol. The van der Waals surface area contributed by atoms with Gasteiger partial charge >= 0.3 is 0 Å². The lowest BCUT2D eigenvalue weighted by atomic mass is 10.0. The minimum absolute atomic E-state index is 0.00773. The number of aromatic nitrogens is 1. The summed E-state index contributed by atoms with van der Waals surface area (Å²) in [5.41, 5.74) is 2.41. The Morgan fingerprint density at radius 1 is 1.13 bits per heavy atom. The molecule has 0 spiro atoms. The standard InChI is InChI=1S/C19H17NO3/c1-22-14-9-10-15-17(12-14)20(13-6-3-2-4-7-13)19(21)16-8-5-11-23-18(15)16/h2-4,6-7,9-10,12H,5,8,11H2,1H3. The van der Waals surface area contributed by atoms with Crippen molar-refractivity contribution >= 4 is 10.9 Å². The van der Waals surface area contributed by atoms with E-state index in [0.717, 1.165) is 46.5 Å². The Kier molecular flexibility index (Phi) is 3.30. The first-order valence-electron chi connectivity index (χ1n) is 7.73. The van der Waals surface area contributed by atoms with Gasteiger partial charge in [0.2, 0.25) is 0 Å². The molecule has 1 aliphatic heterocycles. The molecule has 0 saturated carbocycles. The van der Waals surface area contributed by atoms with Crippen molar-refractivity contribution in [3.05, 3.63) is 64.4 Å². The highest BCUT2D eigenvalue weighted by molar-refractivity contribution is 5.89. The molecule has 0 N–H and O–H groups in total. The van der Waals surface area contributed by atoms with Gasteiger partial charge in [-0.05, 0) is 37.1 Å². The summed E-state index contributed by atoms with van der Waals surface area (Å²) in [5.74, 6) is 1.45. The summed E-state index contributed by atoms with van der Waals surface area (Å²) in [7, 11) is 1.63. The quantitative estimate of drug-likeness (QED) is 0.729. The molecule has 0 bridgehead atoms. The van der Waals surface area contributed by atoms with Gasteiger partial charge in [0.05, 0.1) is 24.8 Å². The van der Waals surface area contributed by atoms with Crippen molar-refractivity contribution in [3.8, 4) is 17.2 Å². The predicted octanol–water partition coefficient (Wildman–Crippen LogP) is 3.32. The zero-order valence-electron chi connectivity index (χ0n) is 12.9. The Balaban J connectivity index is 2.15. The fraction of sp³-hybridized carbons (Fsp3) is 0.211. The van der Waals surface area contributed by atoms with Crippen LogP contribution in [0.3, 0.4) is 0 Å². The molecule has 2 heterocycles. The smallest absolute Gasteiger partial charge is 0.262 e. The number of ether oxygens (including phenoxy) is 2. The molecule has 0 radical (unpaired) electrons. The largest absolute Gasteiger partial charge is 0.497 e. The molecule has 0 atom stereocenters. The average molecular weight is 307 g/mol. The number of hydrogen-bond donors (Lipinski definition) is 0. The number of benzene rings is 2. The van der Waals surface area contributed by atoms with E-state index in [4.69, 9.17) is 9.47 Å². The normalized spacial score (nSPS) is 13.4. The Morgan fingerprint density at radius 3 is 2.74 bits per heavy atom. The van der Waals surface area contributed by atoms with Crippen LogP contribution in [0.25, 0.3) is 16.6 Å². The van der Waals surface area contributed by atoms with Crippen LogP contribution in [0.5, 0.6) is 11.5 Å². The second kappa shape index (κ2) is 5.47. The van der Waals surface area contributed by atoms with Crippen LogP contribution in [0.15, 0.2) is 53.3 Å². The van der Waals surface area contributed by atoms with Crippen LogP contribution >= 0.6 is 0 Å². The number of methoxy groups -OCH3 is 1. The van der Waals surface area contributed by atoms with Crippen molar-refractivity contribution in [1.82, 2.24) is 4.57 Å². The van der Waals surface area contributed by atoms with Gasteiger partial charge < -0.3 is 9.47 Å². The van der Waals surface area contributed by atoms with Crippen LogP contribution in [-0.4, -0.2) is 18.3 Å². The van der Waals surface area contributed by atoms with Crippen LogP contribution in [0.4, 0.5) is 0 Å². The minimum Gasteiger partial charge on any atom is -0.497 e. The number of hydrogen-bond acceptors (Lipinski definition) is 3. The lowest BCUT2D eigenvalue weighted by Crippen LogP contribution is -2.26. The van der Waals surface area contributed by atoms with Crippen LogP contribution < -0.4 is 15.0 Å². The van der Waals surface area contributed by atoms with E-state index in [-0.39, 0.29) is 5.56 Å². The van der Waals surface area contributed by atoms with E-state index in [1.165, 1.54) is 0 Å². The molecule has 1 aromatic heterocycles. The molecule has 0 aliphatic carbocycles. The second-order valence-electron chi connectivity index (χ2n) is 5.62. The van der Waals surface area contributed by atoms with Gasteiger partial charge in [0.15, 0.2) is 0 Å². The summed E-state index contributed by atoms with van der Waals surface area (Å²) in [6.45, 7) is 0.656. The van der Waals surface area contributed by atoms with Crippen molar-refractivity contribution in [3.63, 3.8) is 0 Å². The fourth-order valence-electron chi connectivity index (χ4n) is 3.16. The van der Waals surface area contributed by atoms with E-state index in [9.17, 15) is 4.79 Å². The Labute approximate surface area is 133 Å². The molecule has 116 valence electrons. The summed E-state index contributed by atoms with van der Waals surface area (Å²) in [5, 5.41) is 0.948. The van der Waals surface area contributed by atoms with Gasteiger partial charge in [0, 0.05) is 17.1 Å². The molecule has 1 aliphatic rings. The van der Waals surface area contributed by atoms with Gasteiger partial charge in [-0.2, -0.15) is 0 Å². The number of fused-ring (bicyclic) bond motifs is 3. The van der Waals surface area contributed by atoms with Crippen LogP contribution in [-0.2, 0) is 6.42 Å². The molecular weight excluding hydrogens is 290 g/mol. The zero-order chi connectivity index (χ0) is 15.8. The Hall–Kier alpha value is -2.75. The number of para-hydroxylation sites is 1. The van der Waals surface area contributed by atoms with E-state index in [2.05, 4.69) is 0 Å². The average Bonchev–Trinajstić information content (AvgIpc) is 2.62. The summed E-state index contributed by atoms with van der Waals surface area (Å²) in [4.78, 5) is 13.1. The maximum atomic E-state index is 13.1. The predicted molar refractivity (Wildman–Crippen MR) is 89.9 cm³/mol. The highest BCUT2D eigenvalue weighted by atomic mass is 16.5. The van der Waals surface area contributed by atoms with Crippen molar-refractivity contribution in [2.45, 2.75) is 12.8 Å². The highest BCUT2D eigenvalue weighted by Gasteiger charge is 2.21. The van der Waals surface area contributed by atoms with Gasteiger partial charge in [-0.3, -0.25) is 9.36 Å². The third-order valence-corrected chi connectivity index (χ3v) is 4.26. The zero-order valence-corrected chi connectivity index (χ0v) is 12.9. The fourth-order valence-corrected chi connectivity index (χ4v) is 3.16. The molecule has 4 rings (SSSR count). The Bertz CT molecular complexity index is 929. The molecule has 4 nitrogen and oxygen atoms in total. The van der Waals surface area contributed by atoms with E-state index >= 15 is 0 Å². The Morgan fingerprint density at radius 2 is 1.96 bits per heavy atom. The van der Waals surface area contributed by atoms with E-state index in [0.29, 0.717) is 6.61 Å². The molecule has 0 unspecified atom stereocenters. The SMILES string of the molecule is COc1ccc2c3c(c(=O)n(-c4ccccc4)c2c1)CCCO3. The number of pyridine rings is 1. The maximum absolute atomic E-state index is 13.1. The topological polar surface area (TPSA) is 40.5 Å². The maximum Gasteiger partial charge on any atom is 0.262 e. The lowest BCUT2D eigenvalue weighted by Gasteiger charge is -2.22. The molecule has 4 heteroatoms. The van der Waals surface area contributed by atoms with Gasteiger partial charge in [-0.1, -0.05) is 18.2 Å². The number of rotatable bonds is 2. The summed E-state index contributed by atoms with van der Waals surface area (Å²) < 4.78 is 12.9. The second-order valence-corrected chi connectivity index (χ2v) is 5.62.